The quantitative estimate of drug-likeness (QED) is 0.801. The van der Waals surface area contributed by atoms with Crippen molar-refractivity contribution in [2.75, 3.05) is 6.54 Å². The zero-order valence-corrected chi connectivity index (χ0v) is 11.2. The van der Waals surface area contributed by atoms with Crippen molar-refractivity contribution in [3.63, 3.8) is 0 Å². The molecule has 0 unspecified atom stereocenters. The molecule has 0 aliphatic rings. The minimum absolute atomic E-state index is 0. The van der Waals surface area contributed by atoms with Gasteiger partial charge in [0.2, 0.25) is 0 Å². The highest BCUT2D eigenvalue weighted by Gasteiger charge is 2.06. The average Bonchev–Trinajstić information content (AvgIpc) is 2.33. The molecule has 18 heavy (non-hydrogen) atoms. The number of ketones is 1. The van der Waals surface area contributed by atoms with Crippen molar-refractivity contribution in [2.45, 2.75) is 26.4 Å². The van der Waals surface area contributed by atoms with Gasteiger partial charge in [0.15, 0.2) is 0 Å². The third-order valence-corrected chi connectivity index (χ3v) is 2.32. The van der Waals surface area contributed by atoms with Gasteiger partial charge in [0.05, 0.1) is 13.0 Å². The van der Waals surface area contributed by atoms with Gasteiger partial charge >= 0.3 is 5.97 Å². The van der Waals surface area contributed by atoms with Gasteiger partial charge in [-0.1, -0.05) is 29.8 Å². The van der Waals surface area contributed by atoms with E-state index in [0.29, 0.717) is 0 Å². The highest BCUT2D eigenvalue weighted by Crippen LogP contribution is 2.06. The minimum Gasteiger partial charge on any atom is -0.461 e. The number of carbonyl (C=O) groups excluding carboxylic acids is 2. The Morgan fingerprint density at radius 1 is 1.28 bits per heavy atom. The highest BCUT2D eigenvalue weighted by molar-refractivity contribution is 5.85. The monoisotopic (exact) mass is 271 g/mol. The van der Waals surface area contributed by atoms with E-state index in [0.717, 1.165) is 11.1 Å². The van der Waals surface area contributed by atoms with E-state index in [9.17, 15) is 9.59 Å². The Morgan fingerprint density at radius 2 is 2.00 bits per heavy atom. The lowest BCUT2D eigenvalue weighted by molar-refractivity contribution is -0.146. The van der Waals surface area contributed by atoms with Gasteiger partial charge < -0.3 is 10.5 Å². The molecule has 0 atom stereocenters. The van der Waals surface area contributed by atoms with Crippen LogP contribution in [0.1, 0.15) is 24.0 Å². The fraction of sp³-hybridized carbons (Fsp3) is 0.385. The molecule has 0 amide bonds. The molecule has 0 saturated carbocycles. The van der Waals surface area contributed by atoms with Crippen LogP contribution in [0.25, 0.3) is 0 Å². The van der Waals surface area contributed by atoms with Crippen molar-refractivity contribution in [3.05, 3.63) is 35.4 Å². The predicted octanol–water partition coefficient (Wildman–Crippen LogP) is 1.77. The van der Waals surface area contributed by atoms with Gasteiger partial charge in [-0.25, -0.2) is 0 Å². The second-order valence-electron chi connectivity index (χ2n) is 3.89. The van der Waals surface area contributed by atoms with Crippen molar-refractivity contribution in [2.24, 2.45) is 5.73 Å². The molecule has 2 N–H and O–H groups in total. The van der Waals surface area contributed by atoms with E-state index in [1.165, 1.54) is 0 Å². The van der Waals surface area contributed by atoms with Gasteiger partial charge in [0, 0.05) is 6.42 Å². The average molecular weight is 272 g/mol. The normalized spacial score (nSPS) is 9.44. The molecule has 1 aromatic carbocycles. The molecule has 0 heterocycles. The summed E-state index contributed by atoms with van der Waals surface area (Å²) in [6.07, 6.45) is 0.255. The van der Waals surface area contributed by atoms with Gasteiger partial charge in [-0.15, -0.1) is 12.4 Å². The number of ether oxygens (including phenoxy) is 1. The minimum atomic E-state index is -0.367. The first-order valence-corrected chi connectivity index (χ1v) is 5.54. The van der Waals surface area contributed by atoms with Gasteiger partial charge in [-0.2, -0.15) is 0 Å². The Labute approximate surface area is 113 Å². The van der Waals surface area contributed by atoms with E-state index >= 15 is 0 Å². The molecule has 100 valence electrons. The van der Waals surface area contributed by atoms with Crippen LogP contribution in [-0.4, -0.2) is 18.3 Å². The first-order valence-electron chi connectivity index (χ1n) is 5.54. The molecule has 0 spiro atoms. The lowest BCUT2D eigenvalue weighted by Crippen LogP contribution is -2.15. The Morgan fingerprint density at radius 3 is 2.61 bits per heavy atom. The lowest BCUT2D eigenvalue weighted by atomic mass is 10.1. The van der Waals surface area contributed by atoms with Crippen LogP contribution in [-0.2, 0) is 20.9 Å². The number of hydrogen-bond donors (Lipinski definition) is 1. The van der Waals surface area contributed by atoms with E-state index in [-0.39, 0.29) is 50.2 Å². The Bertz CT molecular complexity index is 407. The number of halogens is 1. The SMILES string of the molecule is Cc1cccc(COC(=O)CCC(=O)CN)c1.Cl. The summed E-state index contributed by atoms with van der Waals surface area (Å²) in [4.78, 5) is 22.2. The highest BCUT2D eigenvalue weighted by atomic mass is 35.5. The fourth-order valence-electron chi connectivity index (χ4n) is 1.38. The second-order valence-corrected chi connectivity index (χ2v) is 3.89. The van der Waals surface area contributed by atoms with Crippen LogP contribution in [0.3, 0.4) is 0 Å². The summed E-state index contributed by atoms with van der Waals surface area (Å²) in [6.45, 7) is 2.20. The molecule has 5 heteroatoms. The molecule has 1 aromatic rings. The van der Waals surface area contributed by atoms with E-state index in [2.05, 4.69) is 0 Å². The van der Waals surface area contributed by atoms with E-state index in [4.69, 9.17) is 10.5 Å². The summed E-state index contributed by atoms with van der Waals surface area (Å²) in [5.41, 5.74) is 7.21. The van der Waals surface area contributed by atoms with Crippen LogP contribution in [0.2, 0.25) is 0 Å². The van der Waals surface area contributed by atoms with Crippen molar-refractivity contribution < 1.29 is 14.3 Å². The number of carbonyl (C=O) groups is 2. The number of aryl methyl sites for hydroxylation is 1. The third kappa shape index (κ3) is 6.37. The van der Waals surface area contributed by atoms with Gasteiger partial charge in [-0.05, 0) is 12.5 Å². The summed E-state index contributed by atoms with van der Waals surface area (Å²) in [7, 11) is 0. The molecular formula is C13H18ClNO3. The summed E-state index contributed by atoms with van der Waals surface area (Å²) in [5, 5.41) is 0. The summed E-state index contributed by atoms with van der Waals surface area (Å²) >= 11 is 0. The molecule has 0 aliphatic carbocycles. The third-order valence-electron chi connectivity index (χ3n) is 2.32. The summed E-state index contributed by atoms with van der Waals surface area (Å²) in [5.74, 6) is -0.495. The number of nitrogens with two attached hydrogens (primary N) is 1. The van der Waals surface area contributed by atoms with Gasteiger partial charge in [-0.3, -0.25) is 9.59 Å². The number of Topliss-reactive ketones (excluding diaryl/α,β-unsaturated/α-hetero) is 1. The first-order chi connectivity index (χ1) is 8.11. The zero-order chi connectivity index (χ0) is 12.7. The first kappa shape index (κ1) is 16.6. The van der Waals surface area contributed by atoms with E-state index in [1.54, 1.807) is 0 Å². The molecule has 0 aliphatic heterocycles. The van der Waals surface area contributed by atoms with Crippen molar-refractivity contribution >= 4 is 24.2 Å². The maximum Gasteiger partial charge on any atom is 0.306 e. The zero-order valence-electron chi connectivity index (χ0n) is 10.3. The fourth-order valence-corrected chi connectivity index (χ4v) is 1.38. The topological polar surface area (TPSA) is 69.4 Å². The van der Waals surface area contributed by atoms with Crippen LogP contribution in [0.5, 0.6) is 0 Å². The molecule has 0 saturated heterocycles. The summed E-state index contributed by atoms with van der Waals surface area (Å²) in [6, 6.07) is 7.74. The van der Waals surface area contributed by atoms with Gasteiger partial charge in [0.1, 0.15) is 12.4 Å². The van der Waals surface area contributed by atoms with Crippen molar-refractivity contribution in [1.82, 2.24) is 0 Å². The Balaban J connectivity index is 0.00000289. The molecule has 0 radical (unpaired) electrons. The standard InChI is InChI=1S/C13H17NO3.ClH/c1-10-3-2-4-11(7-10)9-17-13(16)6-5-12(15)8-14;/h2-4,7H,5-6,8-9,14H2,1H3;1H. The second kappa shape index (κ2) is 8.66. The molecule has 0 fully saturated rings. The van der Waals surface area contributed by atoms with Crippen LogP contribution in [0.4, 0.5) is 0 Å². The van der Waals surface area contributed by atoms with Crippen LogP contribution in [0.15, 0.2) is 24.3 Å². The van der Waals surface area contributed by atoms with Gasteiger partial charge in [0.25, 0.3) is 0 Å². The maximum absolute atomic E-state index is 11.3. The van der Waals surface area contributed by atoms with E-state index in [1.807, 2.05) is 31.2 Å². The number of hydrogen-bond acceptors (Lipinski definition) is 4. The predicted molar refractivity (Wildman–Crippen MR) is 71.5 cm³/mol. The Hall–Kier alpha value is -1.39. The van der Waals surface area contributed by atoms with E-state index < -0.39 is 0 Å². The molecule has 1 rings (SSSR count). The maximum atomic E-state index is 11.3. The van der Waals surface area contributed by atoms with Crippen molar-refractivity contribution in [3.8, 4) is 0 Å². The molecule has 4 nitrogen and oxygen atoms in total. The van der Waals surface area contributed by atoms with Crippen LogP contribution < -0.4 is 5.73 Å². The molecule has 0 aromatic heterocycles. The van der Waals surface area contributed by atoms with Crippen molar-refractivity contribution in [1.29, 1.82) is 0 Å². The largest absolute Gasteiger partial charge is 0.461 e. The number of rotatable bonds is 6. The number of benzene rings is 1. The molecular weight excluding hydrogens is 254 g/mol. The summed E-state index contributed by atoms with van der Waals surface area (Å²) < 4.78 is 5.05. The van der Waals surface area contributed by atoms with Crippen LogP contribution in [0, 0.1) is 6.92 Å². The number of esters is 1. The van der Waals surface area contributed by atoms with Crippen LogP contribution >= 0.6 is 12.4 Å². The smallest absolute Gasteiger partial charge is 0.306 e. The lowest BCUT2D eigenvalue weighted by Gasteiger charge is -2.05. The Kier molecular flexibility index (Phi) is 8.00. The molecule has 0 bridgehead atoms.